The largest absolute Gasteiger partial charge is 0.387 e. The first-order chi connectivity index (χ1) is 10.0. The van der Waals surface area contributed by atoms with Crippen molar-refractivity contribution in [2.24, 2.45) is 5.92 Å². The maximum Gasteiger partial charge on any atom is 0.226 e. The smallest absolute Gasteiger partial charge is 0.226 e. The second kappa shape index (κ2) is 7.27. The zero-order chi connectivity index (χ0) is 15.4. The highest BCUT2D eigenvalue weighted by molar-refractivity contribution is 7.98. The van der Waals surface area contributed by atoms with Crippen LogP contribution in [0.4, 0.5) is 4.39 Å². The van der Waals surface area contributed by atoms with Gasteiger partial charge in [-0.15, -0.1) is 0 Å². The van der Waals surface area contributed by atoms with Crippen LogP contribution >= 0.6 is 11.8 Å². The molecule has 1 amide bonds. The van der Waals surface area contributed by atoms with E-state index in [1.165, 1.54) is 12.1 Å². The first kappa shape index (κ1) is 16.3. The zero-order valence-electron chi connectivity index (χ0n) is 12.5. The van der Waals surface area contributed by atoms with Crippen LogP contribution in [0.1, 0.15) is 31.4 Å². The predicted octanol–water partition coefficient (Wildman–Crippen LogP) is 2.85. The van der Waals surface area contributed by atoms with Gasteiger partial charge in [0.1, 0.15) is 5.82 Å². The van der Waals surface area contributed by atoms with Crippen molar-refractivity contribution in [2.75, 3.05) is 18.6 Å². The van der Waals surface area contributed by atoms with Crippen molar-refractivity contribution in [3.8, 4) is 0 Å². The quantitative estimate of drug-likeness (QED) is 0.842. The first-order valence-corrected chi connectivity index (χ1v) is 8.65. The van der Waals surface area contributed by atoms with Crippen LogP contribution < -0.4 is 0 Å². The molecule has 2 unspecified atom stereocenters. The summed E-state index contributed by atoms with van der Waals surface area (Å²) in [7, 11) is 0. The number of aliphatic hydroxyl groups excluding tert-OH is 1. The van der Waals surface area contributed by atoms with Gasteiger partial charge in [-0.3, -0.25) is 4.79 Å². The van der Waals surface area contributed by atoms with Gasteiger partial charge in [0, 0.05) is 17.7 Å². The highest BCUT2D eigenvalue weighted by Crippen LogP contribution is 2.30. The number of hydrogen-bond acceptors (Lipinski definition) is 3. The molecule has 21 heavy (non-hydrogen) atoms. The standard InChI is InChI=1S/C16H22FNO2S/c1-11(10-21-2)16(20)18(14-7-8-14)9-15(19)12-3-5-13(17)6-4-12/h3-6,11,14-15,19H,7-10H2,1-2H3. The highest BCUT2D eigenvalue weighted by Gasteiger charge is 2.35. The number of hydrogen-bond donors (Lipinski definition) is 1. The summed E-state index contributed by atoms with van der Waals surface area (Å²) in [5.74, 6) is 0.526. The molecule has 0 bridgehead atoms. The van der Waals surface area contributed by atoms with Crippen molar-refractivity contribution >= 4 is 17.7 Å². The van der Waals surface area contributed by atoms with Gasteiger partial charge in [0.2, 0.25) is 5.91 Å². The van der Waals surface area contributed by atoms with Crippen molar-refractivity contribution in [1.82, 2.24) is 4.90 Å². The summed E-state index contributed by atoms with van der Waals surface area (Å²) >= 11 is 1.65. The third kappa shape index (κ3) is 4.45. The molecule has 1 aromatic carbocycles. The third-order valence-corrected chi connectivity index (χ3v) is 4.57. The average molecular weight is 311 g/mol. The molecule has 0 saturated heterocycles. The number of amides is 1. The molecule has 3 nitrogen and oxygen atoms in total. The van der Waals surface area contributed by atoms with Crippen molar-refractivity contribution in [2.45, 2.75) is 31.9 Å². The van der Waals surface area contributed by atoms with Gasteiger partial charge in [-0.1, -0.05) is 19.1 Å². The van der Waals surface area contributed by atoms with Crippen LogP contribution in [0.3, 0.4) is 0 Å². The Morgan fingerprint density at radius 3 is 2.57 bits per heavy atom. The lowest BCUT2D eigenvalue weighted by Gasteiger charge is -2.28. The van der Waals surface area contributed by atoms with E-state index in [1.807, 2.05) is 13.2 Å². The number of nitrogens with zero attached hydrogens (tertiary/aromatic N) is 1. The average Bonchev–Trinajstić information content (AvgIpc) is 3.29. The fourth-order valence-corrected chi connectivity index (χ4v) is 3.03. The summed E-state index contributed by atoms with van der Waals surface area (Å²) in [6, 6.07) is 6.06. The highest BCUT2D eigenvalue weighted by atomic mass is 32.2. The van der Waals surface area contributed by atoms with Gasteiger partial charge >= 0.3 is 0 Å². The number of benzene rings is 1. The van der Waals surface area contributed by atoms with E-state index in [9.17, 15) is 14.3 Å². The second-order valence-corrected chi connectivity index (χ2v) is 6.56. The second-order valence-electron chi connectivity index (χ2n) is 5.65. The molecule has 1 aliphatic carbocycles. The number of rotatable bonds is 7. The van der Waals surface area contributed by atoms with Crippen molar-refractivity contribution in [3.05, 3.63) is 35.6 Å². The van der Waals surface area contributed by atoms with E-state index >= 15 is 0 Å². The van der Waals surface area contributed by atoms with Crippen LogP contribution in [0, 0.1) is 11.7 Å². The predicted molar refractivity (Wildman–Crippen MR) is 83.6 cm³/mol. The van der Waals surface area contributed by atoms with E-state index in [4.69, 9.17) is 0 Å². The molecule has 1 aromatic rings. The lowest BCUT2D eigenvalue weighted by molar-refractivity contribution is -0.136. The molecule has 2 atom stereocenters. The zero-order valence-corrected chi connectivity index (χ0v) is 13.3. The Bertz CT molecular complexity index is 476. The summed E-state index contributed by atoms with van der Waals surface area (Å²) in [6.45, 7) is 2.21. The molecule has 0 spiro atoms. The topological polar surface area (TPSA) is 40.5 Å². The summed E-state index contributed by atoms with van der Waals surface area (Å²) < 4.78 is 12.9. The fourth-order valence-electron chi connectivity index (χ4n) is 2.39. The van der Waals surface area contributed by atoms with Crippen molar-refractivity contribution < 1.29 is 14.3 Å². The van der Waals surface area contributed by atoms with Gasteiger partial charge in [0.15, 0.2) is 0 Å². The van der Waals surface area contributed by atoms with Crippen LogP contribution in [0.15, 0.2) is 24.3 Å². The molecule has 0 heterocycles. The number of thioether (sulfide) groups is 1. The minimum absolute atomic E-state index is 0.0407. The Morgan fingerprint density at radius 1 is 1.43 bits per heavy atom. The maximum atomic E-state index is 12.9. The molecule has 0 aromatic heterocycles. The molecular formula is C16H22FNO2S. The summed E-state index contributed by atoms with van der Waals surface area (Å²) in [6.07, 6.45) is 3.23. The summed E-state index contributed by atoms with van der Waals surface area (Å²) in [5.41, 5.74) is 0.646. The van der Waals surface area contributed by atoms with E-state index in [2.05, 4.69) is 0 Å². The molecule has 2 rings (SSSR count). The Labute approximate surface area is 129 Å². The van der Waals surface area contributed by atoms with Gasteiger partial charge in [-0.25, -0.2) is 4.39 Å². The van der Waals surface area contributed by atoms with E-state index in [0.717, 1.165) is 18.6 Å². The van der Waals surface area contributed by atoms with Crippen LogP contribution in [0.25, 0.3) is 0 Å². The molecular weight excluding hydrogens is 289 g/mol. The monoisotopic (exact) mass is 311 g/mol. The minimum atomic E-state index is -0.767. The normalized spacial score (nSPS) is 17.3. The maximum absolute atomic E-state index is 12.9. The SMILES string of the molecule is CSCC(C)C(=O)N(CC(O)c1ccc(F)cc1)C1CC1. The molecule has 116 valence electrons. The Balaban J connectivity index is 2.02. The van der Waals surface area contributed by atoms with E-state index in [1.54, 1.807) is 28.8 Å². The summed E-state index contributed by atoms with van der Waals surface area (Å²) in [4.78, 5) is 14.3. The lowest BCUT2D eigenvalue weighted by Crippen LogP contribution is -2.40. The third-order valence-electron chi connectivity index (χ3n) is 3.73. The van der Waals surface area contributed by atoms with E-state index in [0.29, 0.717) is 5.56 Å². The Kier molecular flexibility index (Phi) is 5.65. The molecule has 5 heteroatoms. The lowest BCUT2D eigenvalue weighted by atomic mass is 10.1. The van der Waals surface area contributed by atoms with Crippen LogP contribution in [0.2, 0.25) is 0 Å². The van der Waals surface area contributed by atoms with Gasteiger partial charge in [0.05, 0.1) is 12.6 Å². The number of aliphatic hydroxyl groups is 1. The number of carbonyl (C=O) groups is 1. The van der Waals surface area contributed by atoms with E-state index in [-0.39, 0.29) is 30.2 Å². The summed E-state index contributed by atoms with van der Waals surface area (Å²) in [5, 5.41) is 10.3. The van der Waals surface area contributed by atoms with Crippen molar-refractivity contribution in [3.63, 3.8) is 0 Å². The van der Waals surface area contributed by atoms with Crippen LogP contribution in [-0.4, -0.2) is 40.5 Å². The minimum Gasteiger partial charge on any atom is -0.387 e. The molecule has 1 aliphatic rings. The molecule has 0 aliphatic heterocycles. The van der Waals surface area contributed by atoms with Gasteiger partial charge < -0.3 is 10.0 Å². The molecule has 1 saturated carbocycles. The van der Waals surface area contributed by atoms with Crippen molar-refractivity contribution in [1.29, 1.82) is 0 Å². The van der Waals surface area contributed by atoms with Crippen LogP contribution in [0.5, 0.6) is 0 Å². The van der Waals surface area contributed by atoms with Gasteiger partial charge in [0.25, 0.3) is 0 Å². The Hall–Kier alpha value is -1.07. The van der Waals surface area contributed by atoms with Gasteiger partial charge in [-0.05, 0) is 36.8 Å². The molecule has 1 N–H and O–H groups in total. The molecule has 1 fully saturated rings. The van der Waals surface area contributed by atoms with E-state index < -0.39 is 6.10 Å². The Morgan fingerprint density at radius 2 is 2.05 bits per heavy atom. The number of halogens is 1. The first-order valence-electron chi connectivity index (χ1n) is 7.26. The number of carbonyl (C=O) groups excluding carboxylic acids is 1. The van der Waals surface area contributed by atoms with Gasteiger partial charge in [-0.2, -0.15) is 11.8 Å². The van der Waals surface area contributed by atoms with Crippen LogP contribution in [-0.2, 0) is 4.79 Å². The fraction of sp³-hybridized carbons (Fsp3) is 0.562. The molecule has 0 radical (unpaired) electrons.